The number of hydrogen-bond acceptors (Lipinski definition) is 3. The van der Waals surface area contributed by atoms with Crippen LogP contribution in [0, 0.1) is 52.3 Å². The molecular weight excluding hydrogens is 476 g/mol. The van der Waals surface area contributed by atoms with Crippen molar-refractivity contribution >= 4 is 11.9 Å². The van der Waals surface area contributed by atoms with Gasteiger partial charge in [0.05, 0.1) is 13.0 Å². The van der Waals surface area contributed by atoms with Gasteiger partial charge in [0.2, 0.25) is 0 Å². The average molecular weight is 529 g/mol. The Kier molecular flexibility index (Phi) is 8.58. The maximum atomic E-state index is 11.6. The van der Waals surface area contributed by atoms with Crippen LogP contribution in [0.4, 0.5) is 0 Å². The SMILES string of the molecule is CC(COC(C)(CC(=O)O)C(=O)O)[C@@H](C)C=C[C@@H](C)[C@H]1CC[C@H]2C3=CCC4CCCC[C@]4(C)[C@H]3CC[C@]12C. The summed E-state index contributed by atoms with van der Waals surface area (Å²) in [5.74, 6) is 1.54. The van der Waals surface area contributed by atoms with E-state index >= 15 is 0 Å². The van der Waals surface area contributed by atoms with Crippen molar-refractivity contribution in [3.8, 4) is 0 Å². The summed E-state index contributed by atoms with van der Waals surface area (Å²) < 4.78 is 5.65. The summed E-state index contributed by atoms with van der Waals surface area (Å²) in [6, 6.07) is 0. The summed E-state index contributed by atoms with van der Waals surface area (Å²) in [6.07, 6.45) is 19.2. The van der Waals surface area contributed by atoms with Crippen molar-refractivity contribution in [2.24, 2.45) is 52.3 Å². The molecule has 0 aromatic carbocycles. The molecule has 3 saturated carbocycles. The molecule has 4 aliphatic carbocycles. The van der Waals surface area contributed by atoms with Crippen molar-refractivity contribution in [3.05, 3.63) is 23.8 Å². The molecule has 4 aliphatic rings. The van der Waals surface area contributed by atoms with Crippen molar-refractivity contribution in [2.45, 2.75) is 111 Å². The van der Waals surface area contributed by atoms with E-state index in [1.54, 1.807) is 0 Å². The zero-order chi connectivity index (χ0) is 27.9. The number of rotatable bonds is 10. The first kappa shape index (κ1) is 29.4. The van der Waals surface area contributed by atoms with Gasteiger partial charge < -0.3 is 14.9 Å². The molecule has 5 nitrogen and oxygen atoms in total. The molecule has 0 aromatic heterocycles. The first-order valence-electron chi connectivity index (χ1n) is 15.3. The third-order valence-corrected chi connectivity index (χ3v) is 11.9. The van der Waals surface area contributed by atoms with Gasteiger partial charge in [0, 0.05) is 0 Å². The van der Waals surface area contributed by atoms with Crippen molar-refractivity contribution in [1.82, 2.24) is 0 Å². The highest BCUT2D eigenvalue weighted by molar-refractivity contribution is 5.83. The van der Waals surface area contributed by atoms with Crippen LogP contribution in [0.2, 0.25) is 0 Å². The number of aliphatic carboxylic acids is 2. The highest BCUT2D eigenvalue weighted by Gasteiger charge is 2.57. The Morgan fingerprint density at radius 1 is 1.03 bits per heavy atom. The van der Waals surface area contributed by atoms with Crippen molar-refractivity contribution in [2.75, 3.05) is 6.61 Å². The third-order valence-electron chi connectivity index (χ3n) is 11.9. The number of hydrogen-bond donors (Lipinski definition) is 2. The monoisotopic (exact) mass is 528 g/mol. The van der Waals surface area contributed by atoms with Gasteiger partial charge in [-0.2, -0.15) is 0 Å². The van der Waals surface area contributed by atoms with E-state index < -0.39 is 24.0 Å². The van der Waals surface area contributed by atoms with Crippen LogP contribution in [0.1, 0.15) is 106 Å². The summed E-state index contributed by atoms with van der Waals surface area (Å²) in [7, 11) is 0. The highest BCUT2D eigenvalue weighted by Crippen LogP contribution is 2.66. The molecule has 3 fully saturated rings. The minimum absolute atomic E-state index is 0.0878. The van der Waals surface area contributed by atoms with Gasteiger partial charge in [0.1, 0.15) is 0 Å². The van der Waals surface area contributed by atoms with E-state index in [-0.39, 0.29) is 18.4 Å². The first-order valence-corrected chi connectivity index (χ1v) is 15.3. The fraction of sp³-hybridized carbons (Fsp3) is 0.818. The molecular formula is C33H52O5. The largest absolute Gasteiger partial charge is 0.481 e. The Hall–Kier alpha value is -1.62. The predicted octanol–water partition coefficient (Wildman–Crippen LogP) is 7.75. The molecule has 5 heteroatoms. The lowest BCUT2D eigenvalue weighted by Crippen LogP contribution is -2.48. The fourth-order valence-electron chi connectivity index (χ4n) is 9.07. The number of carboxylic acid groups (broad SMARTS) is 2. The molecule has 0 aromatic rings. The van der Waals surface area contributed by atoms with Crippen molar-refractivity contribution in [1.29, 1.82) is 0 Å². The summed E-state index contributed by atoms with van der Waals surface area (Å²) in [4.78, 5) is 22.7. The summed E-state index contributed by atoms with van der Waals surface area (Å²) in [6.45, 7) is 13.4. The quantitative estimate of drug-likeness (QED) is 0.283. The van der Waals surface area contributed by atoms with E-state index in [2.05, 4.69) is 45.9 Å². The Labute approximate surface area is 230 Å². The molecule has 214 valence electrons. The molecule has 3 unspecified atom stereocenters. The Balaban J connectivity index is 1.38. The van der Waals surface area contributed by atoms with Crippen LogP contribution in [0.15, 0.2) is 23.8 Å². The number of carboxylic acids is 2. The van der Waals surface area contributed by atoms with Crippen LogP contribution in [-0.2, 0) is 14.3 Å². The van der Waals surface area contributed by atoms with Gasteiger partial charge in [0.25, 0.3) is 0 Å². The number of fused-ring (bicyclic) bond motifs is 5. The molecule has 0 amide bonds. The zero-order valence-electron chi connectivity index (χ0n) is 24.7. The smallest absolute Gasteiger partial charge is 0.336 e. The predicted molar refractivity (Wildman–Crippen MR) is 151 cm³/mol. The third kappa shape index (κ3) is 5.38. The van der Waals surface area contributed by atoms with Gasteiger partial charge in [-0.05, 0) is 104 Å². The number of carbonyl (C=O) groups is 2. The lowest BCUT2D eigenvalue weighted by molar-refractivity contribution is -0.172. The van der Waals surface area contributed by atoms with Crippen LogP contribution >= 0.6 is 0 Å². The topological polar surface area (TPSA) is 83.8 Å². The molecule has 0 heterocycles. The molecule has 10 atom stereocenters. The summed E-state index contributed by atoms with van der Waals surface area (Å²) in [5.41, 5.74) is 1.04. The lowest BCUT2D eigenvalue weighted by Gasteiger charge is -2.57. The normalized spacial score (nSPS) is 38.7. The Morgan fingerprint density at radius 2 is 1.74 bits per heavy atom. The molecule has 0 spiro atoms. The summed E-state index contributed by atoms with van der Waals surface area (Å²) in [5, 5.41) is 18.6. The molecule has 0 bridgehead atoms. The van der Waals surface area contributed by atoms with Gasteiger partial charge >= 0.3 is 11.9 Å². The van der Waals surface area contributed by atoms with Gasteiger partial charge in [-0.1, -0.05) is 71.3 Å². The van der Waals surface area contributed by atoms with Gasteiger partial charge in [-0.3, -0.25) is 4.79 Å². The molecule has 0 saturated heterocycles. The molecule has 2 N–H and O–H groups in total. The maximum absolute atomic E-state index is 11.6. The van der Waals surface area contributed by atoms with E-state index in [9.17, 15) is 14.7 Å². The van der Waals surface area contributed by atoms with Crippen molar-refractivity contribution < 1.29 is 24.5 Å². The maximum Gasteiger partial charge on any atom is 0.336 e. The van der Waals surface area contributed by atoms with Crippen LogP contribution < -0.4 is 0 Å². The van der Waals surface area contributed by atoms with Gasteiger partial charge in [-0.25, -0.2) is 4.79 Å². The molecule has 38 heavy (non-hydrogen) atoms. The number of ether oxygens (including phenoxy) is 1. The van der Waals surface area contributed by atoms with Crippen LogP contribution in [0.5, 0.6) is 0 Å². The van der Waals surface area contributed by atoms with E-state index in [0.29, 0.717) is 22.7 Å². The van der Waals surface area contributed by atoms with E-state index in [0.717, 1.165) is 17.8 Å². The Morgan fingerprint density at radius 3 is 2.42 bits per heavy atom. The van der Waals surface area contributed by atoms with Crippen LogP contribution in [0.3, 0.4) is 0 Å². The second-order valence-electron chi connectivity index (χ2n) is 14.2. The van der Waals surface area contributed by atoms with Gasteiger partial charge in [0.15, 0.2) is 5.60 Å². The van der Waals surface area contributed by atoms with Crippen molar-refractivity contribution in [3.63, 3.8) is 0 Å². The fourth-order valence-corrected chi connectivity index (χ4v) is 9.07. The van der Waals surface area contributed by atoms with E-state index in [1.807, 2.05) is 12.5 Å². The minimum atomic E-state index is -1.70. The second kappa shape index (κ2) is 11.1. The lowest BCUT2D eigenvalue weighted by atomic mass is 9.48. The second-order valence-corrected chi connectivity index (χ2v) is 14.2. The van der Waals surface area contributed by atoms with E-state index in [1.165, 1.54) is 64.7 Å². The average Bonchev–Trinajstić information content (AvgIpc) is 3.22. The van der Waals surface area contributed by atoms with Crippen LogP contribution in [-0.4, -0.2) is 34.4 Å². The zero-order valence-corrected chi connectivity index (χ0v) is 24.7. The Bertz CT molecular complexity index is 953. The molecule has 0 aliphatic heterocycles. The minimum Gasteiger partial charge on any atom is -0.481 e. The van der Waals surface area contributed by atoms with E-state index in [4.69, 9.17) is 9.84 Å². The van der Waals surface area contributed by atoms with Crippen LogP contribution in [0.25, 0.3) is 0 Å². The molecule has 0 radical (unpaired) electrons. The summed E-state index contributed by atoms with van der Waals surface area (Å²) >= 11 is 0. The van der Waals surface area contributed by atoms with Gasteiger partial charge in [-0.15, -0.1) is 0 Å². The standard InChI is InChI=1S/C33H52O5/c1-21(23(3)20-38-33(6,30(36)37)19-29(34)35)10-11-22(2)26-14-15-27-25-13-12-24-9-7-8-17-31(24,4)28(25)16-18-32(26,27)5/h10-11,13,21-24,26-28H,7-9,12,14-20H2,1-6H3,(H,34,35)(H,36,37)/t21-,22+,23?,24?,26+,27-,28-,31-,32+,33?/m0/s1. The molecule has 4 rings (SSSR count). The highest BCUT2D eigenvalue weighted by atomic mass is 16.5. The number of allylic oxidation sites excluding steroid dienone is 4. The first-order chi connectivity index (χ1) is 17.8.